The predicted molar refractivity (Wildman–Crippen MR) is 127 cm³/mol. The Morgan fingerprint density at radius 1 is 1.15 bits per heavy atom. The van der Waals surface area contributed by atoms with Gasteiger partial charge in [0.05, 0.1) is 20.3 Å². The van der Waals surface area contributed by atoms with Gasteiger partial charge in [0.25, 0.3) is 5.91 Å². The average molecular weight is 470 g/mol. The number of nitrogens with zero attached hydrogens (tertiary/aromatic N) is 3. The summed E-state index contributed by atoms with van der Waals surface area (Å²) in [7, 11) is 4.80. The van der Waals surface area contributed by atoms with Crippen molar-refractivity contribution in [2.45, 2.75) is 38.8 Å². The molecule has 10 heteroatoms. The number of nitrogens with two attached hydrogens (primary N) is 1. The van der Waals surface area contributed by atoms with Gasteiger partial charge in [-0.1, -0.05) is 5.92 Å². The summed E-state index contributed by atoms with van der Waals surface area (Å²) in [5.74, 6) is 6.95. The number of hydrogen-bond acceptors (Lipinski definition) is 7. The number of anilines is 1. The zero-order chi connectivity index (χ0) is 25.0. The van der Waals surface area contributed by atoms with Crippen molar-refractivity contribution in [2.24, 2.45) is 5.73 Å². The van der Waals surface area contributed by atoms with Crippen molar-refractivity contribution in [2.75, 3.05) is 39.7 Å². The molecule has 0 saturated carbocycles. The number of carbonyl (C=O) groups excluding carboxylic acids is 2. The number of nitrogens with one attached hydrogen (secondary N) is 1. The minimum absolute atomic E-state index is 0.166. The quantitative estimate of drug-likeness (QED) is 0.646. The van der Waals surface area contributed by atoms with E-state index < -0.39 is 11.5 Å². The SMILES string of the molecule is CNc1c(C(N)=O)c(C#Cc2cc(OC)cc(OC)c2)nn1[C@H]1CCN(C(=O)OC(C)(C)C)C1. The van der Waals surface area contributed by atoms with E-state index in [1.807, 2.05) is 20.8 Å². The highest BCUT2D eigenvalue weighted by Gasteiger charge is 2.34. The van der Waals surface area contributed by atoms with Crippen LogP contribution in [0.5, 0.6) is 11.5 Å². The molecule has 0 bridgehead atoms. The van der Waals surface area contributed by atoms with Crippen LogP contribution in [0.15, 0.2) is 18.2 Å². The molecule has 1 saturated heterocycles. The Hall–Kier alpha value is -3.87. The zero-order valence-corrected chi connectivity index (χ0v) is 20.4. The molecule has 10 nitrogen and oxygen atoms in total. The molecule has 2 amide bonds. The Kier molecular flexibility index (Phi) is 7.25. The van der Waals surface area contributed by atoms with Crippen molar-refractivity contribution in [3.8, 4) is 23.3 Å². The normalized spacial score (nSPS) is 15.4. The number of rotatable bonds is 5. The molecule has 1 aromatic heterocycles. The highest BCUT2D eigenvalue weighted by Crippen LogP contribution is 2.30. The fourth-order valence-corrected chi connectivity index (χ4v) is 3.70. The molecule has 1 aliphatic heterocycles. The van der Waals surface area contributed by atoms with Crippen LogP contribution in [0.4, 0.5) is 10.6 Å². The van der Waals surface area contributed by atoms with Crippen molar-refractivity contribution in [1.82, 2.24) is 14.7 Å². The fourth-order valence-electron chi connectivity index (χ4n) is 3.70. The summed E-state index contributed by atoms with van der Waals surface area (Å²) >= 11 is 0. The van der Waals surface area contributed by atoms with Crippen molar-refractivity contribution in [1.29, 1.82) is 0 Å². The molecule has 1 atom stereocenters. The van der Waals surface area contributed by atoms with E-state index in [-0.39, 0.29) is 23.4 Å². The average Bonchev–Trinajstić information content (AvgIpc) is 3.40. The third-order valence-electron chi connectivity index (χ3n) is 5.23. The highest BCUT2D eigenvalue weighted by molar-refractivity contribution is 6.00. The fraction of sp³-hybridized carbons (Fsp3) is 0.458. The third kappa shape index (κ3) is 5.54. The lowest BCUT2D eigenvalue weighted by atomic mass is 10.1. The number of ether oxygens (including phenoxy) is 3. The summed E-state index contributed by atoms with van der Waals surface area (Å²) in [6.07, 6.45) is 0.267. The number of methoxy groups -OCH3 is 2. The highest BCUT2D eigenvalue weighted by atomic mass is 16.6. The van der Waals surface area contributed by atoms with Gasteiger partial charge in [0.2, 0.25) is 0 Å². The van der Waals surface area contributed by atoms with E-state index in [1.165, 1.54) is 0 Å². The zero-order valence-electron chi connectivity index (χ0n) is 20.4. The van der Waals surface area contributed by atoms with E-state index in [1.54, 1.807) is 49.0 Å². The van der Waals surface area contributed by atoms with Gasteiger partial charge in [0.15, 0.2) is 5.69 Å². The van der Waals surface area contributed by atoms with E-state index >= 15 is 0 Å². The molecule has 3 rings (SSSR count). The molecule has 0 unspecified atom stereocenters. The number of aromatic nitrogens is 2. The van der Waals surface area contributed by atoms with Crippen molar-refractivity contribution >= 4 is 17.8 Å². The number of benzene rings is 1. The molecule has 0 aliphatic carbocycles. The lowest BCUT2D eigenvalue weighted by Gasteiger charge is -2.24. The van der Waals surface area contributed by atoms with Gasteiger partial charge in [-0.2, -0.15) is 5.10 Å². The molecule has 182 valence electrons. The van der Waals surface area contributed by atoms with Crippen LogP contribution >= 0.6 is 0 Å². The van der Waals surface area contributed by atoms with Crippen LogP contribution < -0.4 is 20.5 Å². The maximum atomic E-state index is 12.5. The van der Waals surface area contributed by atoms with E-state index in [4.69, 9.17) is 19.9 Å². The van der Waals surface area contributed by atoms with Gasteiger partial charge in [-0.3, -0.25) is 4.79 Å². The molecular formula is C24H31N5O5. The van der Waals surface area contributed by atoms with Gasteiger partial charge < -0.3 is 30.2 Å². The van der Waals surface area contributed by atoms with Crippen LogP contribution in [-0.4, -0.2) is 66.6 Å². The van der Waals surface area contributed by atoms with E-state index in [0.29, 0.717) is 42.4 Å². The number of carbonyl (C=O) groups is 2. The van der Waals surface area contributed by atoms with Gasteiger partial charge in [-0.15, -0.1) is 0 Å². The minimum Gasteiger partial charge on any atom is -0.497 e. The summed E-state index contributed by atoms with van der Waals surface area (Å²) in [4.78, 5) is 26.4. The first-order valence-electron chi connectivity index (χ1n) is 10.9. The monoisotopic (exact) mass is 469 g/mol. The van der Waals surface area contributed by atoms with Crippen LogP contribution in [0, 0.1) is 11.8 Å². The summed E-state index contributed by atoms with van der Waals surface area (Å²) in [5.41, 5.74) is 6.17. The van der Waals surface area contributed by atoms with Gasteiger partial charge >= 0.3 is 6.09 Å². The molecule has 1 fully saturated rings. The Morgan fingerprint density at radius 2 is 1.79 bits per heavy atom. The molecular weight excluding hydrogens is 438 g/mol. The Labute approximate surface area is 199 Å². The number of hydrogen-bond donors (Lipinski definition) is 2. The first kappa shape index (κ1) is 24.8. The van der Waals surface area contributed by atoms with Gasteiger partial charge in [0, 0.05) is 31.8 Å². The van der Waals surface area contributed by atoms with Gasteiger partial charge in [0.1, 0.15) is 28.5 Å². The predicted octanol–water partition coefficient (Wildman–Crippen LogP) is 2.62. The van der Waals surface area contributed by atoms with Crippen LogP contribution in [0.2, 0.25) is 0 Å². The molecule has 3 N–H and O–H groups in total. The molecule has 2 aromatic rings. The second-order valence-corrected chi connectivity index (χ2v) is 8.85. The smallest absolute Gasteiger partial charge is 0.410 e. The molecule has 1 aliphatic rings. The maximum Gasteiger partial charge on any atom is 0.410 e. The Morgan fingerprint density at radius 3 is 2.32 bits per heavy atom. The van der Waals surface area contributed by atoms with Crippen LogP contribution in [-0.2, 0) is 4.74 Å². The van der Waals surface area contributed by atoms with Crippen LogP contribution in [0.3, 0.4) is 0 Å². The Balaban J connectivity index is 1.94. The topological polar surface area (TPSA) is 121 Å². The van der Waals surface area contributed by atoms with E-state index in [2.05, 4.69) is 22.3 Å². The Bertz CT molecular complexity index is 1120. The summed E-state index contributed by atoms with van der Waals surface area (Å²) in [6, 6.07) is 5.08. The standard InChI is InChI=1S/C24H31N5O5/c1-24(2,3)34-23(31)28-10-9-16(14-28)29-22(26-4)20(21(25)30)19(27-29)8-7-15-11-17(32-5)13-18(12-15)33-6/h11-13,16,26H,9-10,14H2,1-6H3,(H2,25,30)/t16-/m0/s1. The van der Waals surface area contributed by atoms with Crippen molar-refractivity contribution in [3.63, 3.8) is 0 Å². The third-order valence-corrected chi connectivity index (χ3v) is 5.23. The van der Waals surface area contributed by atoms with E-state index in [0.717, 1.165) is 0 Å². The summed E-state index contributed by atoms with van der Waals surface area (Å²) in [6.45, 7) is 6.38. The molecule has 1 aromatic carbocycles. The second kappa shape index (κ2) is 9.95. The number of amides is 2. The first-order chi connectivity index (χ1) is 16.1. The first-order valence-corrected chi connectivity index (χ1v) is 10.9. The number of primary amides is 1. The summed E-state index contributed by atoms with van der Waals surface area (Å²) < 4.78 is 17.7. The lowest BCUT2D eigenvalue weighted by molar-refractivity contribution is 0.0288. The second-order valence-electron chi connectivity index (χ2n) is 8.85. The van der Waals surface area contributed by atoms with Gasteiger partial charge in [-0.25, -0.2) is 9.48 Å². The number of likely N-dealkylation sites (tertiary alicyclic amines) is 1. The molecule has 0 spiro atoms. The molecule has 2 heterocycles. The van der Waals surface area contributed by atoms with Crippen molar-refractivity contribution < 1.29 is 23.8 Å². The molecule has 0 radical (unpaired) electrons. The van der Waals surface area contributed by atoms with Gasteiger partial charge in [-0.05, 0) is 45.2 Å². The van der Waals surface area contributed by atoms with E-state index in [9.17, 15) is 9.59 Å². The lowest BCUT2D eigenvalue weighted by Crippen LogP contribution is -2.35. The largest absolute Gasteiger partial charge is 0.497 e. The molecule has 34 heavy (non-hydrogen) atoms. The van der Waals surface area contributed by atoms with Crippen LogP contribution in [0.25, 0.3) is 0 Å². The van der Waals surface area contributed by atoms with Crippen molar-refractivity contribution in [3.05, 3.63) is 35.0 Å². The minimum atomic E-state index is -0.648. The van der Waals surface area contributed by atoms with Crippen LogP contribution in [0.1, 0.15) is 54.8 Å². The summed E-state index contributed by atoms with van der Waals surface area (Å²) in [5, 5.41) is 7.61. The maximum absolute atomic E-state index is 12.5.